The standard InChI is InChI=1S/C21H22N2O3S/c1-15-4-3-5-18(12-15)20(24)23-19(10-11-27-2)21(25)26-14-17-8-6-16(13-22)7-9-17/h3-9,12,19H,10-11,14H2,1-2H3,(H,23,24)/t19-/m0/s1. The first-order valence-corrected chi connectivity index (χ1v) is 9.95. The molecular weight excluding hydrogens is 360 g/mol. The summed E-state index contributed by atoms with van der Waals surface area (Å²) in [6.07, 6.45) is 2.44. The van der Waals surface area contributed by atoms with E-state index in [2.05, 4.69) is 5.32 Å². The number of aryl methyl sites for hydroxylation is 1. The van der Waals surface area contributed by atoms with Gasteiger partial charge < -0.3 is 10.1 Å². The summed E-state index contributed by atoms with van der Waals surface area (Å²) in [5.74, 6) is -0.0281. The van der Waals surface area contributed by atoms with Crippen LogP contribution in [0.2, 0.25) is 0 Å². The van der Waals surface area contributed by atoms with E-state index in [0.717, 1.165) is 16.9 Å². The van der Waals surface area contributed by atoms with Gasteiger partial charge in [-0.2, -0.15) is 17.0 Å². The van der Waals surface area contributed by atoms with E-state index in [9.17, 15) is 9.59 Å². The Morgan fingerprint density at radius 1 is 1.22 bits per heavy atom. The lowest BCUT2D eigenvalue weighted by Crippen LogP contribution is -2.42. The summed E-state index contributed by atoms with van der Waals surface area (Å²) in [5.41, 5.74) is 2.83. The molecule has 0 aliphatic heterocycles. The van der Waals surface area contributed by atoms with Gasteiger partial charge in [-0.25, -0.2) is 4.79 Å². The first-order chi connectivity index (χ1) is 13.0. The van der Waals surface area contributed by atoms with E-state index in [1.54, 1.807) is 48.2 Å². The number of rotatable bonds is 8. The minimum Gasteiger partial charge on any atom is -0.459 e. The lowest BCUT2D eigenvalue weighted by Gasteiger charge is -2.17. The van der Waals surface area contributed by atoms with Crippen molar-refractivity contribution in [2.24, 2.45) is 0 Å². The molecule has 1 amide bonds. The normalized spacial score (nSPS) is 11.3. The van der Waals surface area contributed by atoms with Gasteiger partial charge in [0.2, 0.25) is 0 Å². The molecule has 0 aliphatic carbocycles. The van der Waals surface area contributed by atoms with Gasteiger partial charge in [0.05, 0.1) is 11.6 Å². The van der Waals surface area contributed by atoms with E-state index < -0.39 is 12.0 Å². The van der Waals surface area contributed by atoms with Crippen molar-refractivity contribution in [1.29, 1.82) is 5.26 Å². The lowest BCUT2D eigenvalue weighted by molar-refractivity contribution is -0.147. The fraction of sp³-hybridized carbons (Fsp3) is 0.286. The summed E-state index contributed by atoms with van der Waals surface area (Å²) in [6.45, 7) is 2.01. The Labute approximate surface area is 163 Å². The molecule has 1 atom stereocenters. The minimum absolute atomic E-state index is 0.0978. The quantitative estimate of drug-likeness (QED) is 0.707. The summed E-state index contributed by atoms with van der Waals surface area (Å²) >= 11 is 1.60. The molecule has 0 fully saturated rings. The highest BCUT2D eigenvalue weighted by Crippen LogP contribution is 2.10. The van der Waals surface area contributed by atoms with E-state index >= 15 is 0 Å². The molecule has 0 aliphatic rings. The second-order valence-electron chi connectivity index (χ2n) is 6.09. The number of carbonyl (C=O) groups is 2. The number of esters is 1. The van der Waals surface area contributed by atoms with E-state index in [1.165, 1.54) is 0 Å². The van der Waals surface area contributed by atoms with Crippen molar-refractivity contribution in [2.75, 3.05) is 12.0 Å². The molecular formula is C21H22N2O3S. The van der Waals surface area contributed by atoms with Crippen molar-refractivity contribution in [2.45, 2.75) is 26.0 Å². The molecule has 2 rings (SSSR count). The molecule has 0 bridgehead atoms. The number of thioether (sulfide) groups is 1. The van der Waals surface area contributed by atoms with Gasteiger partial charge in [0.25, 0.3) is 5.91 Å². The smallest absolute Gasteiger partial charge is 0.329 e. The SMILES string of the molecule is CSCC[C@H](NC(=O)c1cccc(C)c1)C(=O)OCc1ccc(C#N)cc1. The van der Waals surface area contributed by atoms with Crippen molar-refractivity contribution >= 4 is 23.6 Å². The fourth-order valence-electron chi connectivity index (χ4n) is 2.44. The highest BCUT2D eigenvalue weighted by molar-refractivity contribution is 7.98. The van der Waals surface area contributed by atoms with Crippen molar-refractivity contribution in [1.82, 2.24) is 5.32 Å². The Bertz CT molecular complexity index is 828. The molecule has 0 saturated heterocycles. The maximum atomic E-state index is 12.5. The number of nitrogens with one attached hydrogen (secondary N) is 1. The number of nitriles is 1. The third kappa shape index (κ3) is 6.46. The van der Waals surface area contributed by atoms with Crippen molar-refractivity contribution in [3.05, 3.63) is 70.8 Å². The van der Waals surface area contributed by atoms with Crippen LogP contribution in [0.5, 0.6) is 0 Å². The number of ether oxygens (including phenoxy) is 1. The average molecular weight is 382 g/mol. The summed E-state index contributed by atoms with van der Waals surface area (Å²) in [7, 11) is 0. The summed E-state index contributed by atoms with van der Waals surface area (Å²) in [4.78, 5) is 24.9. The average Bonchev–Trinajstić information content (AvgIpc) is 2.69. The number of carbonyl (C=O) groups excluding carboxylic acids is 2. The molecule has 0 heterocycles. The Morgan fingerprint density at radius 2 is 1.96 bits per heavy atom. The molecule has 0 unspecified atom stereocenters. The lowest BCUT2D eigenvalue weighted by atomic mass is 10.1. The van der Waals surface area contributed by atoms with Gasteiger partial charge in [0.15, 0.2) is 0 Å². The van der Waals surface area contributed by atoms with Crippen LogP contribution in [0, 0.1) is 18.3 Å². The molecule has 5 nitrogen and oxygen atoms in total. The van der Waals surface area contributed by atoms with Gasteiger partial charge in [-0.3, -0.25) is 4.79 Å². The Kier molecular flexibility index (Phi) is 7.90. The van der Waals surface area contributed by atoms with Crippen LogP contribution in [0.1, 0.15) is 33.5 Å². The largest absolute Gasteiger partial charge is 0.459 e. The number of hydrogen-bond acceptors (Lipinski definition) is 5. The maximum Gasteiger partial charge on any atom is 0.329 e. The van der Waals surface area contributed by atoms with E-state index in [-0.39, 0.29) is 12.5 Å². The van der Waals surface area contributed by atoms with Crippen LogP contribution in [0.3, 0.4) is 0 Å². The minimum atomic E-state index is -0.705. The number of amides is 1. The highest BCUT2D eigenvalue weighted by atomic mass is 32.2. The summed E-state index contributed by atoms with van der Waals surface area (Å²) < 4.78 is 5.38. The zero-order valence-corrected chi connectivity index (χ0v) is 16.2. The van der Waals surface area contributed by atoms with Gasteiger partial charge in [0.1, 0.15) is 12.6 Å². The van der Waals surface area contributed by atoms with Crippen molar-refractivity contribution in [3.63, 3.8) is 0 Å². The molecule has 0 aromatic heterocycles. The fourth-order valence-corrected chi connectivity index (χ4v) is 2.91. The molecule has 2 aromatic carbocycles. The predicted octanol–water partition coefficient (Wildman–Crippen LogP) is 3.46. The number of hydrogen-bond donors (Lipinski definition) is 1. The maximum absolute atomic E-state index is 12.5. The Morgan fingerprint density at radius 3 is 2.59 bits per heavy atom. The van der Waals surface area contributed by atoms with Crippen LogP contribution in [-0.2, 0) is 16.1 Å². The zero-order valence-electron chi connectivity index (χ0n) is 15.4. The second-order valence-corrected chi connectivity index (χ2v) is 7.08. The van der Waals surface area contributed by atoms with Gasteiger partial charge in [-0.1, -0.05) is 29.8 Å². The Balaban J connectivity index is 1.99. The molecule has 0 spiro atoms. The summed E-state index contributed by atoms with van der Waals surface area (Å²) in [6, 6.07) is 15.4. The van der Waals surface area contributed by atoms with Crippen LogP contribution in [0.4, 0.5) is 0 Å². The second kappa shape index (κ2) is 10.4. The molecule has 0 radical (unpaired) electrons. The van der Waals surface area contributed by atoms with Gasteiger partial charge in [-0.15, -0.1) is 0 Å². The first-order valence-electron chi connectivity index (χ1n) is 8.55. The number of benzene rings is 2. The van der Waals surface area contributed by atoms with Crippen molar-refractivity contribution in [3.8, 4) is 6.07 Å². The van der Waals surface area contributed by atoms with E-state index in [0.29, 0.717) is 17.5 Å². The monoisotopic (exact) mass is 382 g/mol. The van der Waals surface area contributed by atoms with Crippen molar-refractivity contribution < 1.29 is 14.3 Å². The van der Waals surface area contributed by atoms with Crippen LogP contribution in [0.15, 0.2) is 48.5 Å². The molecule has 2 aromatic rings. The van der Waals surface area contributed by atoms with Gasteiger partial charge in [0, 0.05) is 5.56 Å². The van der Waals surface area contributed by atoms with Crippen LogP contribution in [-0.4, -0.2) is 29.9 Å². The van der Waals surface area contributed by atoms with E-state index in [1.807, 2.05) is 31.4 Å². The summed E-state index contributed by atoms with van der Waals surface area (Å²) in [5, 5.41) is 11.6. The van der Waals surface area contributed by atoms with E-state index in [4.69, 9.17) is 10.00 Å². The highest BCUT2D eigenvalue weighted by Gasteiger charge is 2.22. The topological polar surface area (TPSA) is 79.2 Å². The molecule has 6 heteroatoms. The molecule has 27 heavy (non-hydrogen) atoms. The van der Waals surface area contributed by atoms with Gasteiger partial charge >= 0.3 is 5.97 Å². The molecule has 1 N–H and O–H groups in total. The number of nitrogens with zero attached hydrogens (tertiary/aromatic N) is 1. The van der Waals surface area contributed by atoms with Crippen LogP contribution < -0.4 is 5.32 Å². The third-order valence-corrected chi connectivity index (χ3v) is 4.59. The first kappa shape index (κ1) is 20.5. The van der Waals surface area contributed by atoms with Crippen LogP contribution >= 0.6 is 11.8 Å². The van der Waals surface area contributed by atoms with Gasteiger partial charge in [-0.05, 0) is 55.2 Å². The zero-order chi connectivity index (χ0) is 19.6. The Hall–Kier alpha value is -2.78. The third-order valence-electron chi connectivity index (χ3n) is 3.94. The van der Waals surface area contributed by atoms with Crippen LogP contribution in [0.25, 0.3) is 0 Å². The molecule has 0 saturated carbocycles. The molecule has 140 valence electrons. The predicted molar refractivity (Wildman–Crippen MR) is 106 cm³/mol.